The van der Waals surface area contributed by atoms with Gasteiger partial charge >= 0.3 is 5.97 Å². The fraction of sp³-hybridized carbons (Fsp3) is 0.0455. The van der Waals surface area contributed by atoms with Gasteiger partial charge in [0.2, 0.25) is 5.78 Å². The highest BCUT2D eigenvalue weighted by molar-refractivity contribution is 7.16. The maximum absolute atomic E-state index is 13.0. The van der Waals surface area contributed by atoms with Crippen molar-refractivity contribution in [2.45, 2.75) is 6.10 Å². The van der Waals surface area contributed by atoms with E-state index in [2.05, 4.69) is 4.98 Å². The summed E-state index contributed by atoms with van der Waals surface area (Å²) in [7, 11) is 0. The first-order valence-corrected chi connectivity index (χ1v) is 9.29. The Kier molecular flexibility index (Phi) is 4.77. The molecule has 0 bridgehead atoms. The van der Waals surface area contributed by atoms with Gasteiger partial charge in [-0.2, -0.15) is 0 Å². The van der Waals surface area contributed by atoms with Crippen LogP contribution in [0.2, 0.25) is 0 Å². The van der Waals surface area contributed by atoms with Crippen molar-refractivity contribution in [3.8, 4) is 0 Å². The number of nitrogens with zero attached hydrogens (tertiary/aromatic N) is 1. The highest BCUT2D eigenvalue weighted by Crippen LogP contribution is 2.25. The van der Waals surface area contributed by atoms with Crippen molar-refractivity contribution < 1.29 is 14.3 Å². The lowest BCUT2D eigenvalue weighted by molar-refractivity contribution is 0.0280. The summed E-state index contributed by atoms with van der Waals surface area (Å²) in [6.45, 7) is 0. The fourth-order valence-corrected chi connectivity index (χ4v) is 3.53. The summed E-state index contributed by atoms with van der Waals surface area (Å²) in [5, 5.41) is 0. The molecule has 0 amide bonds. The Morgan fingerprint density at radius 2 is 1.56 bits per heavy atom. The van der Waals surface area contributed by atoms with Gasteiger partial charge in [0, 0.05) is 11.1 Å². The lowest BCUT2D eigenvalue weighted by Gasteiger charge is -2.17. The van der Waals surface area contributed by atoms with E-state index in [1.54, 1.807) is 60.1 Å². The van der Waals surface area contributed by atoms with Crippen LogP contribution in [0.1, 0.15) is 32.4 Å². The third-order valence-electron chi connectivity index (χ3n) is 4.19. The quantitative estimate of drug-likeness (QED) is 0.362. The highest BCUT2D eigenvalue weighted by atomic mass is 32.1. The predicted octanol–water partition coefficient (Wildman–Crippen LogP) is 5.08. The molecule has 0 unspecified atom stereocenters. The van der Waals surface area contributed by atoms with Gasteiger partial charge in [0.25, 0.3) is 0 Å². The Bertz CT molecular complexity index is 1090. The minimum absolute atomic E-state index is 0.256. The van der Waals surface area contributed by atoms with Crippen molar-refractivity contribution in [1.82, 2.24) is 4.98 Å². The third kappa shape index (κ3) is 3.64. The molecule has 0 aliphatic rings. The molecule has 132 valence electrons. The van der Waals surface area contributed by atoms with Crippen molar-refractivity contribution in [2.75, 3.05) is 0 Å². The van der Waals surface area contributed by atoms with Crippen molar-refractivity contribution in [1.29, 1.82) is 0 Å². The maximum atomic E-state index is 13.0. The number of esters is 1. The van der Waals surface area contributed by atoms with Crippen LogP contribution in [0.25, 0.3) is 10.2 Å². The normalized spacial score (nSPS) is 11.9. The van der Waals surface area contributed by atoms with Crippen LogP contribution >= 0.6 is 11.3 Å². The van der Waals surface area contributed by atoms with Crippen LogP contribution in [0.3, 0.4) is 0 Å². The third-order valence-corrected chi connectivity index (χ3v) is 4.98. The summed E-state index contributed by atoms with van der Waals surface area (Å²) in [6, 6.07) is 23.1. The Morgan fingerprint density at radius 1 is 0.852 bits per heavy atom. The van der Waals surface area contributed by atoms with Crippen LogP contribution in [-0.4, -0.2) is 16.7 Å². The Hall–Kier alpha value is -3.31. The topological polar surface area (TPSA) is 56.3 Å². The van der Waals surface area contributed by atoms with E-state index in [4.69, 9.17) is 4.74 Å². The van der Waals surface area contributed by atoms with E-state index in [-0.39, 0.29) is 5.78 Å². The molecule has 0 radical (unpaired) electrons. The Morgan fingerprint density at radius 3 is 2.30 bits per heavy atom. The average Bonchev–Trinajstić information content (AvgIpc) is 3.20. The molecule has 0 saturated carbocycles. The largest absolute Gasteiger partial charge is 0.445 e. The zero-order valence-corrected chi connectivity index (χ0v) is 15.1. The number of carbonyl (C=O) groups is 2. The first-order valence-electron chi connectivity index (χ1n) is 8.41. The van der Waals surface area contributed by atoms with Gasteiger partial charge in [-0.1, -0.05) is 60.7 Å². The number of ketones is 1. The smallest absolute Gasteiger partial charge is 0.339 e. The molecule has 4 rings (SSSR count). The number of hydrogen-bond donors (Lipinski definition) is 0. The van der Waals surface area contributed by atoms with Crippen LogP contribution in [-0.2, 0) is 4.74 Å². The van der Waals surface area contributed by atoms with E-state index in [1.807, 2.05) is 24.3 Å². The van der Waals surface area contributed by atoms with E-state index in [0.29, 0.717) is 16.7 Å². The van der Waals surface area contributed by atoms with E-state index >= 15 is 0 Å². The van der Waals surface area contributed by atoms with Crippen molar-refractivity contribution in [3.63, 3.8) is 0 Å². The summed E-state index contributed by atoms with van der Waals surface area (Å²) >= 11 is 1.45. The lowest BCUT2D eigenvalue weighted by atomic mass is 10.00. The molecule has 0 saturated heterocycles. The minimum atomic E-state index is -1.00. The summed E-state index contributed by atoms with van der Waals surface area (Å²) in [4.78, 5) is 29.9. The van der Waals surface area contributed by atoms with Gasteiger partial charge in [0.1, 0.15) is 0 Å². The van der Waals surface area contributed by atoms with Crippen molar-refractivity contribution >= 4 is 33.3 Å². The number of benzene rings is 3. The molecule has 0 spiro atoms. The standard InChI is InChI=1S/C22H15NO3S/c24-20(15-7-3-1-4-8-15)21(16-9-5-2-6-10-16)26-22(25)17-11-12-18-19(13-17)27-14-23-18/h1-14,21H/t21-/m1/s1. The zero-order chi connectivity index (χ0) is 18.6. The summed E-state index contributed by atoms with van der Waals surface area (Å²) < 4.78 is 6.56. The van der Waals surface area contributed by atoms with E-state index in [1.165, 1.54) is 11.3 Å². The number of aromatic nitrogens is 1. The molecule has 0 fully saturated rings. The Labute approximate surface area is 160 Å². The number of fused-ring (bicyclic) bond motifs is 1. The SMILES string of the molecule is O=C(O[C@@H](C(=O)c1ccccc1)c1ccccc1)c1ccc2ncsc2c1. The van der Waals surface area contributed by atoms with Gasteiger partial charge in [-0.05, 0) is 18.2 Å². The van der Waals surface area contributed by atoms with Gasteiger partial charge in [-0.3, -0.25) is 4.79 Å². The molecule has 3 aromatic carbocycles. The molecule has 0 N–H and O–H groups in total. The molecule has 1 atom stereocenters. The highest BCUT2D eigenvalue weighted by Gasteiger charge is 2.26. The molecule has 4 nitrogen and oxygen atoms in total. The Balaban J connectivity index is 1.66. The number of ether oxygens (including phenoxy) is 1. The second kappa shape index (κ2) is 7.51. The van der Waals surface area contributed by atoms with E-state index in [9.17, 15) is 9.59 Å². The summed E-state index contributed by atoms with van der Waals surface area (Å²) in [5.41, 5.74) is 4.09. The van der Waals surface area contributed by atoms with Gasteiger partial charge in [-0.25, -0.2) is 9.78 Å². The first-order chi connectivity index (χ1) is 13.2. The average molecular weight is 373 g/mol. The number of hydrogen-bond acceptors (Lipinski definition) is 5. The van der Waals surface area contributed by atoms with Crippen molar-refractivity contribution in [2.24, 2.45) is 0 Å². The second-order valence-electron chi connectivity index (χ2n) is 5.96. The zero-order valence-electron chi connectivity index (χ0n) is 14.2. The van der Waals surface area contributed by atoms with Crippen LogP contribution in [0.5, 0.6) is 0 Å². The van der Waals surface area contributed by atoms with Crippen LogP contribution in [0.15, 0.2) is 84.4 Å². The minimum Gasteiger partial charge on any atom is -0.445 e. The molecular formula is C22H15NO3S. The monoisotopic (exact) mass is 373 g/mol. The molecule has 1 aromatic heterocycles. The van der Waals surface area contributed by atoms with Crippen LogP contribution in [0, 0.1) is 0 Å². The van der Waals surface area contributed by atoms with Gasteiger partial charge in [0.15, 0.2) is 6.10 Å². The molecule has 0 aliphatic heterocycles. The summed E-state index contributed by atoms with van der Waals surface area (Å²) in [5.74, 6) is -0.794. The van der Waals surface area contributed by atoms with E-state index in [0.717, 1.165) is 10.2 Å². The number of thiazole rings is 1. The maximum Gasteiger partial charge on any atom is 0.339 e. The van der Waals surface area contributed by atoms with Crippen LogP contribution in [0.4, 0.5) is 0 Å². The fourth-order valence-electron chi connectivity index (χ4n) is 2.81. The number of rotatable bonds is 5. The first kappa shape index (κ1) is 17.1. The molecule has 0 aliphatic carbocycles. The van der Waals surface area contributed by atoms with Gasteiger partial charge in [0.05, 0.1) is 21.3 Å². The second-order valence-corrected chi connectivity index (χ2v) is 6.85. The van der Waals surface area contributed by atoms with E-state index < -0.39 is 12.1 Å². The predicted molar refractivity (Wildman–Crippen MR) is 105 cm³/mol. The van der Waals surface area contributed by atoms with Gasteiger partial charge in [-0.15, -0.1) is 11.3 Å². The number of carbonyl (C=O) groups excluding carboxylic acids is 2. The number of Topliss-reactive ketones (excluding diaryl/α,β-unsaturated/α-hetero) is 1. The molecule has 27 heavy (non-hydrogen) atoms. The molecule has 4 aromatic rings. The summed E-state index contributed by atoms with van der Waals surface area (Å²) in [6.07, 6.45) is -1.00. The van der Waals surface area contributed by atoms with Gasteiger partial charge < -0.3 is 4.74 Å². The van der Waals surface area contributed by atoms with Crippen LogP contribution < -0.4 is 0 Å². The molecular weight excluding hydrogens is 358 g/mol. The molecule has 5 heteroatoms. The lowest BCUT2D eigenvalue weighted by Crippen LogP contribution is -2.20. The molecule has 1 heterocycles. The van der Waals surface area contributed by atoms with Crippen molar-refractivity contribution in [3.05, 3.63) is 101 Å².